The average Bonchev–Trinajstić information content (AvgIpc) is 2.97. The summed E-state index contributed by atoms with van der Waals surface area (Å²) >= 11 is 0. The highest BCUT2D eigenvalue weighted by atomic mass is 16.5. The Morgan fingerprint density at radius 3 is 2.47 bits per heavy atom. The fourth-order valence-electron chi connectivity index (χ4n) is 2.22. The van der Waals surface area contributed by atoms with Crippen molar-refractivity contribution in [2.24, 2.45) is 5.41 Å². The molecule has 1 rings (SSSR count). The molecule has 0 aromatic heterocycles. The molecule has 1 heterocycles. The van der Waals surface area contributed by atoms with Crippen LogP contribution in [0.1, 0.15) is 27.2 Å². The Morgan fingerprint density at radius 1 is 1.41 bits per heavy atom. The highest BCUT2D eigenvalue weighted by Crippen LogP contribution is 2.40. The SMILES string of the molecule is COC(=O)/C=C/CCN1[C@H](C=O)[C@H]1C(C)(C)C. The van der Waals surface area contributed by atoms with Gasteiger partial charge in [-0.25, -0.2) is 4.79 Å². The molecular formula is C13H21NO3. The van der Waals surface area contributed by atoms with E-state index in [2.05, 4.69) is 30.4 Å². The van der Waals surface area contributed by atoms with Crippen LogP contribution in [0.4, 0.5) is 0 Å². The summed E-state index contributed by atoms with van der Waals surface area (Å²) in [6.07, 6.45) is 4.98. The molecular weight excluding hydrogens is 218 g/mol. The lowest BCUT2D eigenvalue weighted by Gasteiger charge is -2.17. The largest absolute Gasteiger partial charge is 0.466 e. The highest BCUT2D eigenvalue weighted by molar-refractivity contribution is 5.81. The Labute approximate surface area is 103 Å². The van der Waals surface area contributed by atoms with Crippen LogP contribution in [0.25, 0.3) is 0 Å². The normalized spacial score (nSPS) is 28.1. The van der Waals surface area contributed by atoms with Gasteiger partial charge in [0.15, 0.2) is 0 Å². The van der Waals surface area contributed by atoms with E-state index in [1.54, 1.807) is 6.08 Å². The Kier molecular flexibility index (Phi) is 4.46. The van der Waals surface area contributed by atoms with Crippen molar-refractivity contribution in [3.63, 3.8) is 0 Å². The highest BCUT2D eigenvalue weighted by Gasteiger charge is 2.52. The number of methoxy groups -OCH3 is 1. The summed E-state index contributed by atoms with van der Waals surface area (Å²) in [6.45, 7) is 7.22. The van der Waals surface area contributed by atoms with Gasteiger partial charge >= 0.3 is 5.97 Å². The number of nitrogens with zero attached hydrogens (tertiary/aromatic N) is 1. The smallest absolute Gasteiger partial charge is 0.330 e. The number of rotatable bonds is 5. The third kappa shape index (κ3) is 3.66. The summed E-state index contributed by atoms with van der Waals surface area (Å²) in [5, 5.41) is 0. The van der Waals surface area contributed by atoms with Gasteiger partial charge in [0.05, 0.1) is 13.2 Å². The van der Waals surface area contributed by atoms with Gasteiger partial charge in [0.1, 0.15) is 6.29 Å². The van der Waals surface area contributed by atoms with E-state index in [0.29, 0.717) is 6.04 Å². The maximum Gasteiger partial charge on any atom is 0.330 e. The first-order valence-electron chi connectivity index (χ1n) is 5.87. The first kappa shape index (κ1) is 13.9. The van der Waals surface area contributed by atoms with E-state index in [1.807, 2.05) is 0 Å². The fourth-order valence-corrected chi connectivity index (χ4v) is 2.22. The quantitative estimate of drug-likeness (QED) is 0.315. The number of aldehydes is 1. The first-order valence-corrected chi connectivity index (χ1v) is 5.87. The minimum absolute atomic E-state index is 0.0431. The van der Waals surface area contributed by atoms with Crippen LogP contribution in [0.2, 0.25) is 0 Å². The van der Waals surface area contributed by atoms with Crippen LogP contribution in [-0.2, 0) is 14.3 Å². The van der Waals surface area contributed by atoms with E-state index >= 15 is 0 Å². The van der Waals surface area contributed by atoms with Gasteiger partial charge in [-0.1, -0.05) is 26.8 Å². The molecule has 0 N–H and O–H groups in total. The van der Waals surface area contributed by atoms with Crippen molar-refractivity contribution in [1.82, 2.24) is 4.90 Å². The zero-order chi connectivity index (χ0) is 13.1. The maximum atomic E-state index is 10.9. The summed E-state index contributed by atoms with van der Waals surface area (Å²) in [5.74, 6) is -0.338. The molecule has 0 aromatic carbocycles. The molecule has 1 fully saturated rings. The number of ether oxygens (including phenoxy) is 1. The van der Waals surface area contributed by atoms with Gasteiger partial charge in [-0.05, 0) is 11.8 Å². The molecule has 4 nitrogen and oxygen atoms in total. The Bertz CT molecular complexity index is 317. The number of hydrogen-bond acceptors (Lipinski definition) is 4. The van der Waals surface area contributed by atoms with Gasteiger partial charge in [-0.15, -0.1) is 0 Å². The zero-order valence-corrected chi connectivity index (χ0v) is 11.0. The van der Waals surface area contributed by atoms with Crippen molar-refractivity contribution in [1.29, 1.82) is 0 Å². The summed E-state index contributed by atoms with van der Waals surface area (Å²) in [6, 6.07) is 0.369. The van der Waals surface area contributed by atoms with Crippen LogP contribution in [0, 0.1) is 5.41 Å². The minimum atomic E-state index is -0.338. The van der Waals surface area contributed by atoms with Crippen molar-refractivity contribution in [3.8, 4) is 0 Å². The topological polar surface area (TPSA) is 46.4 Å². The van der Waals surface area contributed by atoms with Gasteiger partial charge in [-0.2, -0.15) is 0 Å². The molecule has 4 heteroatoms. The minimum Gasteiger partial charge on any atom is -0.466 e. The monoisotopic (exact) mass is 239 g/mol. The molecule has 1 saturated heterocycles. The van der Waals surface area contributed by atoms with Crippen LogP contribution in [-0.4, -0.2) is 42.9 Å². The summed E-state index contributed by atoms with van der Waals surface area (Å²) in [4.78, 5) is 23.9. The van der Waals surface area contributed by atoms with Gasteiger partial charge in [0, 0.05) is 18.7 Å². The van der Waals surface area contributed by atoms with E-state index < -0.39 is 0 Å². The molecule has 1 unspecified atom stereocenters. The van der Waals surface area contributed by atoms with Crippen LogP contribution < -0.4 is 0 Å². The number of carbonyl (C=O) groups is 2. The van der Waals surface area contributed by atoms with E-state index in [0.717, 1.165) is 19.3 Å². The van der Waals surface area contributed by atoms with E-state index in [4.69, 9.17) is 0 Å². The molecule has 0 aliphatic carbocycles. The molecule has 0 bridgehead atoms. The lowest BCUT2D eigenvalue weighted by atomic mass is 9.90. The molecule has 0 radical (unpaired) electrons. The second kappa shape index (κ2) is 5.45. The van der Waals surface area contributed by atoms with Crippen LogP contribution in [0.15, 0.2) is 12.2 Å². The predicted octanol–water partition coefficient (Wildman–Crippen LogP) is 1.40. The Morgan fingerprint density at radius 2 is 2.06 bits per heavy atom. The van der Waals surface area contributed by atoms with Gasteiger partial charge in [-0.3, -0.25) is 4.90 Å². The fraction of sp³-hybridized carbons (Fsp3) is 0.692. The Hall–Kier alpha value is -1.16. The summed E-state index contributed by atoms with van der Waals surface area (Å²) in [5.41, 5.74) is 0.123. The standard InChI is InChI=1S/C13H21NO3/c1-13(2,3)12-10(9-15)14(12)8-6-5-7-11(16)17-4/h5,7,9-10,12H,6,8H2,1-4H3/b7-5+/t10-,12+,14?/m1/s1. The van der Waals surface area contributed by atoms with Crippen molar-refractivity contribution in [2.75, 3.05) is 13.7 Å². The molecule has 0 aromatic rings. The molecule has 3 atom stereocenters. The Balaban J connectivity index is 2.36. The van der Waals surface area contributed by atoms with E-state index in [9.17, 15) is 9.59 Å². The maximum absolute atomic E-state index is 10.9. The van der Waals surface area contributed by atoms with Crippen LogP contribution >= 0.6 is 0 Å². The van der Waals surface area contributed by atoms with E-state index in [1.165, 1.54) is 13.2 Å². The molecule has 96 valence electrons. The van der Waals surface area contributed by atoms with Crippen molar-refractivity contribution in [3.05, 3.63) is 12.2 Å². The second-order valence-electron chi connectivity index (χ2n) is 5.39. The summed E-state index contributed by atoms with van der Waals surface area (Å²) < 4.78 is 4.50. The molecule has 17 heavy (non-hydrogen) atoms. The average molecular weight is 239 g/mol. The molecule has 0 spiro atoms. The zero-order valence-electron chi connectivity index (χ0n) is 11.0. The second-order valence-corrected chi connectivity index (χ2v) is 5.39. The molecule has 1 aliphatic rings. The van der Waals surface area contributed by atoms with Gasteiger partial charge in [0.25, 0.3) is 0 Å². The van der Waals surface area contributed by atoms with E-state index in [-0.39, 0.29) is 17.4 Å². The molecule has 0 saturated carbocycles. The van der Waals surface area contributed by atoms with Gasteiger partial charge < -0.3 is 9.53 Å². The molecule has 1 aliphatic heterocycles. The first-order chi connectivity index (χ1) is 7.91. The van der Waals surface area contributed by atoms with Crippen molar-refractivity contribution < 1.29 is 14.3 Å². The lowest BCUT2D eigenvalue weighted by Crippen LogP contribution is -2.19. The van der Waals surface area contributed by atoms with Gasteiger partial charge in [0.2, 0.25) is 0 Å². The van der Waals surface area contributed by atoms with Crippen molar-refractivity contribution in [2.45, 2.75) is 39.3 Å². The predicted molar refractivity (Wildman–Crippen MR) is 65.6 cm³/mol. The third-order valence-electron chi connectivity index (χ3n) is 3.01. The summed E-state index contributed by atoms with van der Waals surface area (Å²) in [7, 11) is 1.36. The molecule has 0 amide bonds. The third-order valence-corrected chi connectivity index (χ3v) is 3.01. The van der Waals surface area contributed by atoms with Crippen LogP contribution in [0.5, 0.6) is 0 Å². The van der Waals surface area contributed by atoms with Crippen LogP contribution in [0.3, 0.4) is 0 Å². The number of hydrogen-bond donors (Lipinski definition) is 0. The lowest BCUT2D eigenvalue weighted by molar-refractivity contribution is -0.134. The number of carbonyl (C=O) groups excluding carboxylic acids is 2. The van der Waals surface area contributed by atoms with Crippen molar-refractivity contribution >= 4 is 12.3 Å². The number of esters is 1.